The Morgan fingerprint density at radius 1 is 1.32 bits per heavy atom. The molecule has 19 heavy (non-hydrogen) atoms. The zero-order valence-corrected chi connectivity index (χ0v) is 12.4. The maximum atomic E-state index is 11.7. The van der Waals surface area contributed by atoms with E-state index in [1.165, 1.54) is 0 Å². The first-order chi connectivity index (χ1) is 8.51. The van der Waals surface area contributed by atoms with Gasteiger partial charge in [-0.1, -0.05) is 13.8 Å². The number of hydrogen-bond donors (Lipinski definition) is 3. The molecule has 0 heterocycles. The minimum atomic E-state index is -1.01. The summed E-state index contributed by atoms with van der Waals surface area (Å²) >= 11 is 0. The summed E-state index contributed by atoms with van der Waals surface area (Å²) in [5.74, 6) is -0.352. The average Bonchev–Trinajstić information content (AvgIpc) is 2.11. The van der Waals surface area contributed by atoms with Gasteiger partial charge in [-0.2, -0.15) is 0 Å². The Hall–Kier alpha value is -1.30. The standard InChI is InChI=1S/C13H26N2O4/c1-8(2)6-9(10(16)7-11(14)17)15-12(18)19-13(3,4)5/h8-10,16H,6-7H2,1-5H3,(H2,14,17)(H,15,18)/t9-,10-/m0/s1. The number of primary amides is 1. The van der Waals surface area contributed by atoms with Gasteiger partial charge in [-0.3, -0.25) is 4.79 Å². The van der Waals surface area contributed by atoms with Crippen molar-refractivity contribution in [1.29, 1.82) is 0 Å². The number of nitrogens with one attached hydrogen (secondary N) is 1. The van der Waals surface area contributed by atoms with Gasteiger partial charge in [0.1, 0.15) is 5.60 Å². The molecule has 0 fully saturated rings. The van der Waals surface area contributed by atoms with E-state index >= 15 is 0 Å². The second-order valence-corrected chi connectivity index (χ2v) is 6.12. The Bertz CT molecular complexity index is 310. The van der Waals surface area contributed by atoms with Crippen LogP contribution in [0.15, 0.2) is 0 Å². The number of alkyl carbamates (subject to hydrolysis) is 1. The highest BCUT2D eigenvalue weighted by Crippen LogP contribution is 2.13. The van der Waals surface area contributed by atoms with Crippen LogP contribution in [0.3, 0.4) is 0 Å². The first kappa shape index (κ1) is 17.7. The van der Waals surface area contributed by atoms with Crippen LogP contribution in [0.2, 0.25) is 0 Å². The van der Waals surface area contributed by atoms with Gasteiger partial charge in [0, 0.05) is 0 Å². The number of hydrogen-bond acceptors (Lipinski definition) is 4. The van der Waals surface area contributed by atoms with E-state index in [9.17, 15) is 14.7 Å². The second-order valence-electron chi connectivity index (χ2n) is 6.12. The maximum absolute atomic E-state index is 11.7. The SMILES string of the molecule is CC(C)C[C@H](NC(=O)OC(C)(C)C)[C@@H](O)CC(N)=O. The lowest BCUT2D eigenvalue weighted by molar-refractivity contribution is -0.120. The van der Waals surface area contributed by atoms with E-state index in [0.29, 0.717) is 6.42 Å². The number of rotatable bonds is 6. The first-order valence-electron chi connectivity index (χ1n) is 6.47. The normalized spacial score (nSPS) is 14.9. The molecular weight excluding hydrogens is 248 g/mol. The van der Waals surface area contributed by atoms with Crippen LogP contribution in [-0.4, -0.2) is 34.9 Å². The van der Waals surface area contributed by atoms with Gasteiger partial charge < -0.3 is 20.9 Å². The quantitative estimate of drug-likeness (QED) is 0.676. The summed E-state index contributed by atoms with van der Waals surface area (Å²) in [6.07, 6.45) is -1.27. The zero-order chi connectivity index (χ0) is 15.2. The molecule has 0 aromatic rings. The molecule has 2 amide bonds. The molecule has 2 atom stereocenters. The smallest absolute Gasteiger partial charge is 0.407 e. The summed E-state index contributed by atoms with van der Waals surface area (Å²) in [5, 5.41) is 12.5. The van der Waals surface area contributed by atoms with Crippen LogP contribution in [0.25, 0.3) is 0 Å². The molecule has 0 rings (SSSR count). The molecule has 112 valence electrons. The van der Waals surface area contributed by atoms with Crippen LogP contribution in [0.4, 0.5) is 4.79 Å². The Morgan fingerprint density at radius 2 is 1.84 bits per heavy atom. The Kier molecular flexibility index (Phi) is 6.83. The maximum Gasteiger partial charge on any atom is 0.407 e. The van der Waals surface area contributed by atoms with Crippen molar-refractivity contribution in [1.82, 2.24) is 5.32 Å². The van der Waals surface area contributed by atoms with Crippen LogP contribution in [0.5, 0.6) is 0 Å². The largest absolute Gasteiger partial charge is 0.444 e. The summed E-state index contributed by atoms with van der Waals surface area (Å²) in [6.45, 7) is 9.18. The summed E-state index contributed by atoms with van der Waals surface area (Å²) in [6, 6.07) is -0.553. The molecule has 4 N–H and O–H groups in total. The predicted octanol–water partition coefficient (Wildman–Crippen LogP) is 1.16. The third-order valence-corrected chi connectivity index (χ3v) is 2.30. The lowest BCUT2D eigenvalue weighted by atomic mass is 9.97. The average molecular weight is 274 g/mol. The molecule has 0 saturated heterocycles. The van der Waals surface area contributed by atoms with Gasteiger partial charge in [0.25, 0.3) is 0 Å². The highest BCUT2D eigenvalue weighted by molar-refractivity contribution is 5.74. The molecule has 6 heteroatoms. The fourth-order valence-electron chi connectivity index (χ4n) is 1.63. The molecular formula is C13H26N2O4. The van der Waals surface area contributed by atoms with E-state index in [-0.39, 0.29) is 12.3 Å². The number of aliphatic hydroxyl groups excluding tert-OH is 1. The molecule has 0 aliphatic carbocycles. The van der Waals surface area contributed by atoms with Gasteiger partial charge in [0.15, 0.2) is 0 Å². The third-order valence-electron chi connectivity index (χ3n) is 2.30. The summed E-state index contributed by atoms with van der Waals surface area (Å²) in [5.41, 5.74) is 4.44. The first-order valence-corrected chi connectivity index (χ1v) is 6.47. The third kappa shape index (κ3) is 9.30. The lowest BCUT2D eigenvalue weighted by Crippen LogP contribution is -2.47. The van der Waals surface area contributed by atoms with Crippen molar-refractivity contribution in [2.45, 2.75) is 65.2 Å². The zero-order valence-electron chi connectivity index (χ0n) is 12.4. The number of carbonyl (C=O) groups excluding carboxylic acids is 2. The van der Waals surface area contributed by atoms with Crippen molar-refractivity contribution in [2.75, 3.05) is 0 Å². The molecule has 0 aliphatic heterocycles. The highest BCUT2D eigenvalue weighted by Gasteiger charge is 2.26. The van der Waals surface area contributed by atoms with Gasteiger partial charge in [0.05, 0.1) is 18.6 Å². The van der Waals surface area contributed by atoms with Gasteiger partial charge in [-0.15, -0.1) is 0 Å². The molecule has 0 bridgehead atoms. The molecule has 0 saturated carbocycles. The van der Waals surface area contributed by atoms with Crippen molar-refractivity contribution >= 4 is 12.0 Å². The van der Waals surface area contributed by atoms with Gasteiger partial charge in [-0.25, -0.2) is 4.79 Å². The van der Waals surface area contributed by atoms with Gasteiger partial charge in [0.2, 0.25) is 5.91 Å². The summed E-state index contributed by atoms with van der Waals surface area (Å²) in [7, 11) is 0. The minimum Gasteiger partial charge on any atom is -0.444 e. The van der Waals surface area contributed by atoms with E-state index in [4.69, 9.17) is 10.5 Å². The van der Waals surface area contributed by atoms with Crippen molar-refractivity contribution < 1.29 is 19.4 Å². The molecule has 0 spiro atoms. The lowest BCUT2D eigenvalue weighted by Gasteiger charge is -2.27. The minimum absolute atomic E-state index is 0.187. The van der Waals surface area contributed by atoms with Crippen LogP contribution in [0.1, 0.15) is 47.5 Å². The molecule has 0 aliphatic rings. The highest BCUT2D eigenvalue weighted by atomic mass is 16.6. The number of ether oxygens (including phenoxy) is 1. The molecule has 0 aromatic heterocycles. The van der Waals surface area contributed by atoms with E-state index in [1.807, 2.05) is 13.8 Å². The second kappa shape index (κ2) is 7.33. The van der Waals surface area contributed by atoms with Crippen molar-refractivity contribution in [3.8, 4) is 0 Å². The van der Waals surface area contributed by atoms with E-state index < -0.39 is 29.7 Å². The van der Waals surface area contributed by atoms with E-state index in [1.54, 1.807) is 20.8 Å². The Labute approximate surface area is 114 Å². The Balaban J connectivity index is 4.58. The van der Waals surface area contributed by atoms with Crippen LogP contribution < -0.4 is 11.1 Å². The molecule has 0 aromatic carbocycles. The van der Waals surface area contributed by atoms with Crippen molar-refractivity contribution in [2.24, 2.45) is 11.7 Å². The fourth-order valence-corrected chi connectivity index (χ4v) is 1.63. The number of amides is 2. The number of aliphatic hydroxyl groups is 1. The molecule has 0 radical (unpaired) electrons. The number of carbonyl (C=O) groups is 2. The van der Waals surface area contributed by atoms with Crippen molar-refractivity contribution in [3.05, 3.63) is 0 Å². The van der Waals surface area contributed by atoms with E-state index in [0.717, 1.165) is 0 Å². The van der Waals surface area contributed by atoms with Crippen LogP contribution in [-0.2, 0) is 9.53 Å². The van der Waals surface area contributed by atoms with Crippen LogP contribution in [0, 0.1) is 5.92 Å². The Morgan fingerprint density at radius 3 is 2.21 bits per heavy atom. The van der Waals surface area contributed by atoms with Crippen LogP contribution >= 0.6 is 0 Å². The topological polar surface area (TPSA) is 102 Å². The summed E-state index contributed by atoms with van der Waals surface area (Å²) in [4.78, 5) is 22.5. The predicted molar refractivity (Wildman–Crippen MR) is 72.4 cm³/mol. The molecule has 6 nitrogen and oxygen atoms in total. The van der Waals surface area contributed by atoms with E-state index in [2.05, 4.69) is 5.32 Å². The fraction of sp³-hybridized carbons (Fsp3) is 0.846. The number of nitrogens with two attached hydrogens (primary N) is 1. The van der Waals surface area contributed by atoms with Crippen molar-refractivity contribution in [3.63, 3.8) is 0 Å². The summed E-state index contributed by atoms with van der Waals surface area (Å²) < 4.78 is 5.13. The van der Waals surface area contributed by atoms with Gasteiger partial charge >= 0.3 is 6.09 Å². The monoisotopic (exact) mass is 274 g/mol. The van der Waals surface area contributed by atoms with Gasteiger partial charge in [-0.05, 0) is 33.1 Å². The molecule has 0 unspecified atom stereocenters.